The molecule has 0 spiro atoms. The number of nitrogens with zero attached hydrogens (tertiary/aromatic N) is 2. The second-order valence-corrected chi connectivity index (χ2v) is 11.9. The molecule has 0 radical (unpaired) electrons. The van der Waals surface area contributed by atoms with Crippen molar-refractivity contribution in [2.45, 2.75) is 24.8 Å². The molecule has 0 aliphatic heterocycles. The molecule has 2 amide bonds. The van der Waals surface area contributed by atoms with Gasteiger partial charge in [0.1, 0.15) is 12.3 Å². The van der Waals surface area contributed by atoms with E-state index in [4.69, 9.17) is 16.3 Å². The molecule has 222 valence electrons. The van der Waals surface area contributed by atoms with Gasteiger partial charge in [0.2, 0.25) is 0 Å². The van der Waals surface area contributed by atoms with Crippen LogP contribution in [0.5, 0.6) is 5.75 Å². The second-order valence-electron chi connectivity index (χ2n) is 9.61. The lowest BCUT2D eigenvalue weighted by atomic mass is 10.1. The fourth-order valence-corrected chi connectivity index (χ4v) is 5.63. The summed E-state index contributed by atoms with van der Waals surface area (Å²) in [6, 6.07) is 28.9. The Morgan fingerprint density at radius 1 is 0.930 bits per heavy atom. The Balaban J connectivity index is 1.34. The first kappa shape index (κ1) is 31.3. The number of sulfonamides is 1. The number of amides is 2. The highest BCUT2D eigenvalue weighted by atomic mass is 35.5. The Morgan fingerprint density at radius 2 is 1.58 bits per heavy atom. The van der Waals surface area contributed by atoms with Gasteiger partial charge in [0.05, 0.1) is 22.8 Å². The van der Waals surface area contributed by atoms with Crippen molar-refractivity contribution in [2.24, 2.45) is 5.10 Å². The molecule has 1 atom stereocenters. The summed E-state index contributed by atoms with van der Waals surface area (Å²) >= 11 is 6.26. The van der Waals surface area contributed by atoms with Crippen LogP contribution in [0.2, 0.25) is 5.02 Å². The van der Waals surface area contributed by atoms with E-state index in [-0.39, 0.29) is 29.1 Å². The molecule has 0 aliphatic rings. The maximum atomic E-state index is 13.4. The zero-order valence-electron chi connectivity index (χ0n) is 23.6. The highest BCUT2D eigenvalue weighted by Gasteiger charge is 2.27. The van der Waals surface area contributed by atoms with Crippen LogP contribution < -0.4 is 19.8 Å². The van der Waals surface area contributed by atoms with Gasteiger partial charge in [-0.15, -0.1) is 0 Å². The van der Waals surface area contributed by atoms with E-state index >= 15 is 0 Å². The maximum absolute atomic E-state index is 13.4. The molecule has 4 rings (SSSR count). The molecule has 43 heavy (non-hydrogen) atoms. The number of aryl methyl sites for hydroxylation is 1. The van der Waals surface area contributed by atoms with Crippen LogP contribution in [0.25, 0.3) is 0 Å². The third kappa shape index (κ3) is 8.67. The van der Waals surface area contributed by atoms with Crippen LogP contribution in [0.1, 0.15) is 29.7 Å². The Labute approximate surface area is 256 Å². The van der Waals surface area contributed by atoms with Crippen molar-refractivity contribution in [1.29, 1.82) is 0 Å². The number of anilines is 1. The summed E-state index contributed by atoms with van der Waals surface area (Å²) in [6.07, 6.45) is 1.41. The van der Waals surface area contributed by atoms with Crippen LogP contribution in [-0.4, -0.2) is 39.6 Å². The molecule has 0 fully saturated rings. The summed E-state index contributed by atoms with van der Waals surface area (Å²) in [5.41, 5.74) is 5.04. The minimum atomic E-state index is -4.07. The molecule has 2 N–H and O–H groups in total. The van der Waals surface area contributed by atoms with Crippen molar-refractivity contribution < 1.29 is 22.7 Å². The van der Waals surface area contributed by atoms with E-state index in [1.54, 1.807) is 61.5 Å². The molecule has 4 aromatic carbocycles. The van der Waals surface area contributed by atoms with Gasteiger partial charge in [-0.1, -0.05) is 66.2 Å². The van der Waals surface area contributed by atoms with Crippen molar-refractivity contribution in [3.63, 3.8) is 0 Å². The lowest BCUT2D eigenvalue weighted by molar-refractivity contribution is -0.123. The van der Waals surface area contributed by atoms with Gasteiger partial charge in [-0.3, -0.25) is 13.9 Å². The molecule has 9 nitrogen and oxygen atoms in total. The fourth-order valence-electron chi connectivity index (χ4n) is 4.02. The second kappa shape index (κ2) is 14.5. The minimum Gasteiger partial charge on any atom is -0.484 e. The molecule has 0 saturated heterocycles. The standard InChI is InChI=1S/C32H31ClN4O5S/c1-23-13-16-27(19-30(23)33)37(43(40,41)29-11-7-4-8-12-29)21-31(38)36-34-20-25-14-17-28(18-15-25)42-22-32(39)35-24(2)26-9-5-3-6-10-26/h3-20,24H,21-22H2,1-2H3,(H,35,39)(H,36,38)/b34-20-/t24-/m1/s1. The van der Waals surface area contributed by atoms with E-state index in [9.17, 15) is 18.0 Å². The predicted molar refractivity (Wildman–Crippen MR) is 168 cm³/mol. The zero-order valence-corrected chi connectivity index (χ0v) is 25.2. The molecule has 11 heteroatoms. The van der Waals surface area contributed by atoms with Crippen LogP contribution >= 0.6 is 11.6 Å². The quantitative estimate of drug-likeness (QED) is 0.166. The van der Waals surface area contributed by atoms with Crippen molar-refractivity contribution in [3.8, 4) is 5.75 Å². The maximum Gasteiger partial charge on any atom is 0.264 e. The van der Waals surface area contributed by atoms with Gasteiger partial charge in [-0.25, -0.2) is 13.8 Å². The van der Waals surface area contributed by atoms with Crippen LogP contribution in [0.4, 0.5) is 5.69 Å². The monoisotopic (exact) mass is 618 g/mol. The summed E-state index contributed by atoms with van der Waals surface area (Å²) in [4.78, 5) is 25.1. The summed E-state index contributed by atoms with van der Waals surface area (Å²) in [6.45, 7) is 3.03. The smallest absolute Gasteiger partial charge is 0.264 e. The Hall–Kier alpha value is -4.67. The number of hydrogen-bond donors (Lipinski definition) is 2. The number of benzene rings is 4. The van der Waals surface area contributed by atoms with E-state index in [2.05, 4.69) is 15.8 Å². The van der Waals surface area contributed by atoms with Gasteiger partial charge in [0.25, 0.3) is 21.8 Å². The molecule has 0 bridgehead atoms. The first-order valence-electron chi connectivity index (χ1n) is 13.4. The van der Waals surface area contributed by atoms with E-state index in [1.165, 1.54) is 24.4 Å². The summed E-state index contributed by atoms with van der Waals surface area (Å²) in [7, 11) is -4.07. The van der Waals surface area contributed by atoms with Crippen molar-refractivity contribution in [3.05, 3.63) is 125 Å². The number of carbonyl (C=O) groups excluding carboxylic acids is 2. The molecular formula is C32H31ClN4O5S. The van der Waals surface area contributed by atoms with Crippen LogP contribution in [0.15, 0.2) is 113 Å². The van der Waals surface area contributed by atoms with Crippen LogP contribution in [0.3, 0.4) is 0 Å². The number of hydrazone groups is 1. The molecule has 0 heterocycles. The van der Waals surface area contributed by atoms with Gasteiger partial charge >= 0.3 is 0 Å². The molecule has 0 unspecified atom stereocenters. The normalized spacial score (nSPS) is 12.0. The van der Waals surface area contributed by atoms with Crippen molar-refractivity contribution in [1.82, 2.24) is 10.7 Å². The first-order chi connectivity index (χ1) is 20.6. The minimum absolute atomic E-state index is 0.0356. The molecule has 4 aromatic rings. The van der Waals surface area contributed by atoms with Gasteiger partial charge in [0, 0.05) is 5.02 Å². The summed E-state index contributed by atoms with van der Waals surface area (Å²) < 4.78 is 33.4. The number of rotatable bonds is 12. The van der Waals surface area contributed by atoms with Crippen molar-refractivity contribution in [2.75, 3.05) is 17.5 Å². The van der Waals surface area contributed by atoms with Gasteiger partial charge in [-0.2, -0.15) is 5.10 Å². The number of nitrogens with one attached hydrogen (secondary N) is 2. The topological polar surface area (TPSA) is 117 Å². The molecular weight excluding hydrogens is 588 g/mol. The number of hydrogen-bond acceptors (Lipinski definition) is 6. The number of halogens is 1. The zero-order chi connectivity index (χ0) is 30.8. The van der Waals surface area contributed by atoms with Crippen LogP contribution in [-0.2, 0) is 19.6 Å². The molecule has 0 saturated carbocycles. The first-order valence-corrected chi connectivity index (χ1v) is 15.2. The summed E-state index contributed by atoms with van der Waals surface area (Å²) in [5.74, 6) is -0.411. The van der Waals surface area contributed by atoms with Crippen LogP contribution in [0, 0.1) is 6.92 Å². The third-order valence-electron chi connectivity index (χ3n) is 6.39. The largest absolute Gasteiger partial charge is 0.484 e. The van der Waals surface area contributed by atoms with E-state index in [1.807, 2.05) is 37.3 Å². The lowest BCUT2D eigenvalue weighted by Gasteiger charge is -2.24. The van der Waals surface area contributed by atoms with E-state index in [0.29, 0.717) is 16.3 Å². The fraction of sp³-hybridized carbons (Fsp3) is 0.156. The van der Waals surface area contributed by atoms with Crippen molar-refractivity contribution >= 4 is 45.3 Å². The Kier molecular flexibility index (Phi) is 10.5. The summed E-state index contributed by atoms with van der Waals surface area (Å²) in [5, 5.41) is 7.23. The average Bonchev–Trinajstić information content (AvgIpc) is 3.01. The highest BCUT2D eigenvalue weighted by Crippen LogP contribution is 2.28. The molecule has 0 aromatic heterocycles. The number of carbonyl (C=O) groups is 2. The lowest BCUT2D eigenvalue weighted by Crippen LogP contribution is -2.39. The van der Waals surface area contributed by atoms with E-state index < -0.39 is 22.5 Å². The SMILES string of the molecule is Cc1ccc(N(CC(=O)N/N=C\c2ccc(OCC(=O)N[C@H](C)c3ccccc3)cc2)S(=O)(=O)c2ccccc2)cc1Cl. The predicted octanol–water partition coefficient (Wildman–Crippen LogP) is 5.25. The average molecular weight is 619 g/mol. The van der Waals surface area contributed by atoms with Gasteiger partial charge < -0.3 is 10.1 Å². The number of ether oxygens (including phenoxy) is 1. The highest BCUT2D eigenvalue weighted by molar-refractivity contribution is 7.92. The molecule has 0 aliphatic carbocycles. The third-order valence-corrected chi connectivity index (χ3v) is 8.59. The Morgan fingerprint density at radius 3 is 2.23 bits per heavy atom. The van der Waals surface area contributed by atoms with Gasteiger partial charge in [-0.05, 0) is 79.1 Å². The van der Waals surface area contributed by atoms with Gasteiger partial charge in [0.15, 0.2) is 6.61 Å². The van der Waals surface area contributed by atoms with E-state index in [0.717, 1.165) is 15.4 Å². The Bertz CT molecular complexity index is 1680.